The Bertz CT molecular complexity index is 525. The molecule has 1 aromatic carbocycles. The molecule has 0 radical (unpaired) electrons. The summed E-state index contributed by atoms with van der Waals surface area (Å²) in [7, 11) is -3.20. The number of rotatable bonds is 3. The Balaban J connectivity index is 2.24. The van der Waals surface area contributed by atoms with E-state index in [-0.39, 0.29) is 11.3 Å². The van der Waals surface area contributed by atoms with Crippen LogP contribution in [0.15, 0.2) is 22.7 Å². The minimum atomic E-state index is -3.20. The number of aryl methyl sites for hydroxylation is 1. The van der Waals surface area contributed by atoms with Crippen LogP contribution in [0.5, 0.6) is 0 Å². The molecule has 0 spiro atoms. The summed E-state index contributed by atoms with van der Waals surface area (Å²) in [5, 5.41) is -0.387. The Kier molecular flexibility index (Phi) is 3.61. The van der Waals surface area contributed by atoms with Crippen molar-refractivity contribution in [2.75, 3.05) is 0 Å². The summed E-state index contributed by atoms with van der Waals surface area (Å²) in [5.41, 5.74) is 2.34. The van der Waals surface area contributed by atoms with E-state index in [0.717, 1.165) is 22.9 Å². The third-order valence-electron chi connectivity index (χ3n) is 3.11. The molecule has 17 heavy (non-hydrogen) atoms. The van der Waals surface area contributed by atoms with Gasteiger partial charge in [0.1, 0.15) is 0 Å². The van der Waals surface area contributed by atoms with Crippen LogP contribution in [0.25, 0.3) is 0 Å². The average Bonchev–Trinajstić information content (AvgIpc) is 2.60. The Hall–Kier alpha value is -0.390. The molecule has 94 valence electrons. The molecule has 0 heterocycles. The van der Waals surface area contributed by atoms with Crippen molar-refractivity contribution in [3.63, 3.8) is 0 Å². The van der Waals surface area contributed by atoms with Crippen LogP contribution in [0, 0.1) is 0 Å². The van der Waals surface area contributed by atoms with E-state index in [9.17, 15) is 8.42 Å². The van der Waals surface area contributed by atoms with Gasteiger partial charge in [-0.2, -0.15) is 0 Å². The molecular formula is C12H16BrNO2S. The first-order valence-corrected chi connectivity index (χ1v) is 8.03. The first kappa shape index (κ1) is 13.1. The number of benzene rings is 1. The van der Waals surface area contributed by atoms with Crippen LogP contribution >= 0.6 is 15.9 Å². The second-order valence-electron chi connectivity index (χ2n) is 4.65. The first-order valence-electron chi connectivity index (χ1n) is 5.69. The average molecular weight is 318 g/mol. The second kappa shape index (κ2) is 4.71. The van der Waals surface area contributed by atoms with Crippen molar-refractivity contribution in [1.29, 1.82) is 0 Å². The smallest absolute Gasteiger partial charge is 0.212 e. The molecule has 0 saturated heterocycles. The van der Waals surface area contributed by atoms with E-state index < -0.39 is 10.0 Å². The lowest BCUT2D eigenvalue weighted by Gasteiger charge is -2.16. The van der Waals surface area contributed by atoms with Gasteiger partial charge in [-0.3, -0.25) is 0 Å². The molecular weight excluding hydrogens is 302 g/mol. The summed E-state index contributed by atoms with van der Waals surface area (Å²) in [6.45, 7) is 3.39. The fourth-order valence-corrected chi connectivity index (χ4v) is 3.36. The molecule has 1 unspecified atom stereocenters. The molecule has 1 aliphatic carbocycles. The van der Waals surface area contributed by atoms with E-state index in [4.69, 9.17) is 0 Å². The topological polar surface area (TPSA) is 46.2 Å². The SMILES string of the molecule is CC(C)S(=O)(=O)NC1CCc2cc(Br)ccc21. The zero-order valence-electron chi connectivity index (χ0n) is 9.90. The van der Waals surface area contributed by atoms with Crippen molar-refractivity contribution >= 4 is 26.0 Å². The van der Waals surface area contributed by atoms with Crippen molar-refractivity contribution in [1.82, 2.24) is 4.72 Å². The van der Waals surface area contributed by atoms with Gasteiger partial charge in [0.05, 0.1) is 5.25 Å². The molecule has 1 aromatic rings. The van der Waals surface area contributed by atoms with Gasteiger partial charge in [0.2, 0.25) is 10.0 Å². The van der Waals surface area contributed by atoms with Crippen molar-refractivity contribution in [2.45, 2.75) is 38.0 Å². The number of hydrogen-bond donors (Lipinski definition) is 1. The normalized spacial score (nSPS) is 19.6. The lowest BCUT2D eigenvalue weighted by Crippen LogP contribution is -2.33. The van der Waals surface area contributed by atoms with E-state index in [2.05, 4.69) is 26.7 Å². The molecule has 0 bridgehead atoms. The first-order chi connectivity index (χ1) is 7.90. The van der Waals surface area contributed by atoms with Gasteiger partial charge < -0.3 is 0 Å². The lowest BCUT2D eigenvalue weighted by atomic mass is 10.1. The maximum atomic E-state index is 11.8. The van der Waals surface area contributed by atoms with Crippen LogP contribution in [0.3, 0.4) is 0 Å². The molecule has 0 saturated carbocycles. The van der Waals surface area contributed by atoms with Crippen molar-refractivity contribution in [3.05, 3.63) is 33.8 Å². The molecule has 1 N–H and O–H groups in total. The van der Waals surface area contributed by atoms with Crippen molar-refractivity contribution < 1.29 is 8.42 Å². The largest absolute Gasteiger partial charge is 0.214 e. The van der Waals surface area contributed by atoms with Crippen LogP contribution in [0.2, 0.25) is 0 Å². The third kappa shape index (κ3) is 2.72. The molecule has 0 amide bonds. The number of nitrogens with one attached hydrogen (secondary N) is 1. The van der Waals surface area contributed by atoms with Crippen LogP contribution in [-0.2, 0) is 16.4 Å². The van der Waals surface area contributed by atoms with Gasteiger partial charge in [0.15, 0.2) is 0 Å². The standard InChI is InChI=1S/C12H16BrNO2S/c1-8(2)17(15,16)14-12-6-3-9-7-10(13)4-5-11(9)12/h4-5,7-8,12,14H,3,6H2,1-2H3. The zero-order chi connectivity index (χ0) is 12.6. The van der Waals surface area contributed by atoms with E-state index in [1.165, 1.54) is 5.56 Å². The van der Waals surface area contributed by atoms with Crippen molar-refractivity contribution in [3.8, 4) is 0 Å². The predicted octanol–water partition coefficient (Wildman–Crippen LogP) is 2.76. The molecule has 1 atom stereocenters. The van der Waals surface area contributed by atoms with E-state index in [1.807, 2.05) is 12.1 Å². The summed E-state index contributed by atoms with van der Waals surface area (Å²) in [6, 6.07) is 5.96. The van der Waals surface area contributed by atoms with Gasteiger partial charge in [-0.05, 0) is 49.9 Å². The molecule has 0 aliphatic heterocycles. The van der Waals surface area contributed by atoms with Gasteiger partial charge in [-0.1, -0.05) is 22.0 Å². The van der Waals surface area contributed by atoms with E-state index in [0.29, 0.717) is 0 Å². The fourth-order valence-electron chi connectivity index (χ4n) is 2.04. The van der Waals surface area contributed by atoms with Crippen LogP contribution in [-0.4, -0.2) is 13.7 Å². The molecule has 3 nitrogen and oxygen atoms in total. The maximum Gasteiger partial charge on any atom is 0.214 e. The monoisotopic (exact) mass is 317 g/mol. The van der Waals surface area contributed by atoms with Crippen molar-refractivity contribution in [2.24, 2.45) is 0 Å². The van der Waals surface area contributed by atoms with Gasteiger partial charge >= 0.3 is 0 Å². The highest BCUT2D eigenvalue weighted by Gasteiger charge is 2.27. The lowest BCUT2D eigenvalue weighted by molar-refractivity contribution is 0.546. The highest BCUT2D eigenvalue weighted by molar-refractivity contribution is 9.10. The quantitative estimate of drug-likeness (QED) is 0.931. The third-order valence-corrected chi connectivity index (χ3v) is 5.46. The zero-order valence-corrected chi connectivity index (χ0v) is 12.3. The minimum absolute atomic E-state index is 0.0644. The van der Waals surface area contributed by atoms with E-state index >= 15 is 0 Å². The number of fused-ring (bicyclic) bond motifs is 1. The van der Waals surface area contributed by atoms with Gasteiger partial charge in [0, 0.05) is 10.5 Å². The number of sulfonamides is 1. The molecule has 5 heteroatoms. The summed E-state index contributed by atoms with van der Waals surface area (Å²) in [4.78, 5) is 0. The fraction of sp³-hybridized carbons (Fsp3) is 0.500. The van der Waals surface area contributed by atoms with Crippen LogP contribution in [0.4, 0.5) is 0 Å². The Labute approximate surface area is 111 Å². The highest BCUT2D eigenvalue weighted by Crippen LogP contribution is 2.33. The summed E-state index contributed by atoms with van der Waals surface area (Å²) < 4.78 is 27.5. The predicted molar refractivity (Wildman–Crippen MR) is 72.4 cm³/mol. The van der Waals surface area contributed by atoms with Crippen LogP contribution in [0.1, 0.15) is 37.4 Å². The van der Waals surface area contributed by atoms with Gasteiger partial charge in [-0.25, -0.2) is 13.1 Å². The summed E-state index contributed by atoms with van der Waals surface area (Å²) in [5.74, 6) is 0. The van der Waals surface area contributed by atoms with E-state index in [1.54, 1.807) is 13.8 Å². The summed E-state index contributed by atoms with van der Waals surface area (Å²) >= 11 is 3.43. The second-order valence-corrected chi connectivity index (χ2v) is 7.83. The Morgan fingerprint density at radius 3 is 2.76 bits per heavy atom. The minimum Gasteiger partial charge on any atom is -0.212 e. The number of halogens is 1. The van der Waals surface area contributed by atoms with Crippen LogP contribution < -0.4 is 4.72 Å². The molecule has 0 fully saturated rings. The van der Waals surface area contributed by atoms with Gasteiger partial charge in [0.25, 0.3) is 0 Å². The molecule has 0 aromatic heterocycles. The molecule has 1 aliphatic rings. The molecule has 2 rings (SSSR count). The summed E-state index contributed by atoms with van der Waals surface area (Å²) in [6.07, 6.45) is 1.78. The van der Waals surface area contributed by atoms with Gasteiger partial charge in [-0.15, -0.1) is 0 Å². The Morgan fingerprint density at radius 2 is 2.12 bits per heavy atom. The highest BCUT2D eigenvalue weighted by atomic mass is 79.9. The number of hydrogen-bond acceptors (Lipinski definition) is 2. The Morgan fingerprint density at radius 1 is 1.41 bits per heavy atom. The maximum absolute atomic E-state index is 11.8.